The molecular weight excluding hydrogens is 216 g/mol. The summed E-state index contributed by atoms with van der Waals surface area (Å²) >= 11 is 0. The van der Waals surface area contributed by atoms with Crippen LogP contribution in [0.5, 0.6) is 0 Å². The van der Waals surface area contributed by atoms with Gasteiger partial charge in [-0.15, -0.1) is 0 Å². The fourth-order valence-electron chi connectivity index (χ4n) is 3.96. The van der Waals surface area contributed by atoms with Crippen molar-refractivity contribution in [3.8, 4) is 0 Å². The lowest BCUT2D eigenvalue weighted by molar-refractivity contribution is 0.440. The van der Waals surface area contributed by atoms with Crippen LogP contribution in [0.2, 0.25) is 0 Å². The molecule has 18 heavy (non-hydrogen) atoms. The third-order valence-corrected chi connectivity index (χ3v) is 4.83. The summed E-state index contributed by atoms with van der Waals surface area (Å²) in [6.45, 7) is 0. The van der Waals surface area contributed by atoms with Crippen molar-refractivity contribution in [1.82, 2.24) is 0 Å². The van der Waals surface area contributed by atoms with Gasteiger partial charge < -0.3 is 0 Å². The molecule has 0 heteroatoms. The Morgan fingerprint density at radius 2 is 1.33 bits per heavy atom. The summed E-state index contributed by atoms with van der Waals surface area (Å²) in [5.41, 5.74) is 6.41. The van der Waals surface area contributed by atoms with Gasteiger partial charge in [0, 0.05) is 0 Å². The van der Waals surface area contributed by atoms with E-state index in [2.05, 4.69) is 48.5 Å². The lowest BCUT2D eigenvalue weighted by Gasteiger charge is -2.19. The molecule has 0 aromatic heterocycles. The Morgan fingerprint density at radius 1 is 0.722 bits per heavy atom. The van der Waals surface area contributed by atoms with Gasteiger partial charge in [-0.3, -0.25) is 0 Å². The van der Waals surface area contributed by atoms with Gasteiger partial charge in [-0.1, -0.05) is 48.5 Å². The largest absolute Gasteiger partial charge is 0.0620 e. The predicted octanol–water partition coefficient (Wildman–Crippen LogP) is 4.13. The topological polar surface area (TPSA) is 0 Å². The standard InChI is InChI=1S/C18H18/c1-2-7-15-12-16(11-14(15)6-1)18-10-9-13-5-3-4-8-17(13)18/h1-8,16,18H,9-12H2. The highest BCUT2D eigenvalue weighted by molar-refractivity contribution is 5.39. The van der Waals surface area contributed by atoms with Crippen LogP contribution in [0.4, 0.5) is 0 Å². The molecule has 2 aliphatic rings. The zero-order chi connectivity index (χ0) is 11.9. The Morgan fingerprint density at radius 3 is 2.06 bits per heavy atom. The maximum absolute atomic E-state index is 2.36. The molecule has 2 aromatic carbocycles. The number of aryl methyl sites for hydroxylation is 1. The second-order valence-corrected chi connectivity index (χ2v) is 5.78. The van der Waals surface area contributed by atoms with E-state index in [0.29, 0.717) is 0 Å². The molecule has 4 rings (SSSR count). The van der Waals surface area contributed by atoms with Crippen molar-refractivity contribution in [3.63, 3.8) is 0 Å². The predicted molar refractivity (Wildman–Crippen MR) is 74.8 cm³/mol. The third kappa shape index (κ3) is 1.52. The minimum absolute atomic E-state index is 0.800. The van der Waals surface area contributed by atoms with Crippen LogP contribution in [0.15, 0.2) is 48.5 Å². The van der Waals surface area contributed by atoms with Gasteiger partial charge in [-0.2, -0.15) is 0 Å². The number of hydrogen-bond donors (Lipinski definition) is 0. The van der Waals surface area contributed by atoms with E-state index in [9.17, 15) is 0 Å². The van der Waals surface area contributed by atoms with Gasteiger partial charge in [0.15, 0.2) is 0 Å². The number of fused-ring (bicyclic) bond motifs is 2. The third-order valence-electron chi connectivity index (χ3n) is 4.83. The smallest absolute Gasteiger partial charge is 0.0121 e. The molecule has 2 aromatic rings. The molecule has 0 spiro atoms. The zero-order valence-electron chi connectivity index (χ0n) is 10.6. The second-order valence-electron chi connectivity index (χ2n) is 5.78. The first-order valence-corrected chi connectivity index (χ1v) is 7.06. The van der Waals surface area contributed by atoms with Crippen molar-refractivity contribution in [1.29, 1.82) is 0 Å². The van der Waals surface area contributed by atoms with E-state index in [1.165, 1.54) is 25.7 Å². The molecule has 0 heterocycles. The van der Waals surface area contributed by atoms with E-state index < -0.39 is 0 Å². The molecule has 0 nitrogen and oxygen atoms in total. The maximum Gasteiger partial charge on any atom is -0.0121 e. The van der Waals surface area contributed by atoms with E-state index in [4.69, 9.17) is 0 Å². The summed E-state index contributed by atoms with van der Waals surface area (Å²) < 4.78 is 0. The molecule has 0 amide bonds. The zero-order valence-corrected chi connectivity index (χ0v) is 10.6. The van der Waals surface area contributed by atoms with Crippen molar-refractivity contribution in [2.75, 3.05) is 0 Å². The highest BCUT2D eigenvalue weighted by Crippen LogP contribution is 2.43. The van der Waals surface area contributed by atoms with Gasteiger partial charge in [-0.25, -0.2) is 0 Å². The monoisotopic (exact) mass is 234 g/mol. The summed E-state index contributed by atoms with van der Waals surface area (Å²) in [7, 11) is 0. The van der Waals surface area contributed by atoms with Crippen molar-refractivity contribution in [2.45, 2.75) is 31.6 Å². The Hall–Kier alpha value is -1.56. The van der Waals surface area contributed by atoms with E-state index in [1.54, 1.807) is 22.3 Å². The maximum atomic E-state index is 2.36. The first kappa shape index (κ1) is 10.4. The fraction of sp³-hybridized carbons (Fsp3) is 0.333. The quantitative estimate of drug-likeness (QED) is 0.696. The van der Waals surface area contributed by atoms with Crippen LogP contribution in [0.25, 0.3) is 0 Å². The van der Waals surface area contributed by atoms with Gasteiger partial charge in [0.2, 0.25) is 0 Å². The van der Waals surface area contributed by atoms with Crippen LogP contribution in [0.3, 0.4) is 0 Å². The van der Waals surface area contributed by atoms with Gasteiger partial charge >= 0.3 is 0 Å². The van der Waals surface area contributed by atoms with Crippen molar-refractivity contribution in [3.05, 3.63) is 70.8 Å². The average molecular weight is 234 g/mol. The summed E-state index contributed by atoms with van der Waals surface area (Å²) in [4.78, 5) is 0. The van der Waals surface area contributed by atoms with E-state index >= 15 is 0 Å². The summed E-state index contributed by atoms with van der Waals surface area (Å²) in [6, 6.07) is 18.1. The number of rotatable bonds is 1. The minimum Gasteiger partial charge on any atom is -0.0620 e. The molecule has 2 aliphatic carbocycles. The Kier molecular flexibility index (Phi) is 2.29. The van der Waals surface area contributed by atoms with Gasteiger partial charge in [-0.05, 0) is 59.8 Å². The summed E-state index contributed by atoms with van der Waals surface area (Å²) in [5.74, 6) is 1.64. The van der Waals surface area contributed by atoms with Crippen LogP contribution in [0, 0.1) is 5.92 Å². The molecule has 0 N–H and O–H groups in total. The fourth-order valence-corrected chi connectivity index (χ4v) is 3.96. The number of hydrogen-bond acceptors (Lipinski definition) is 0. The molecule has 1 unspecified atom stereocenters. The first-order chi connectivity index (χ1) is 8.92. The van der Waals surface area contributed by atoms with Crippen LogP contribution < -0.4 is 0 Å². The highest BCUT2D eigenvalue weighted by Gasteiger charge is 2.33. The molecule has 0 radical (unpaired) electrons. The van der Waals surface area contributed by atoms with Crippen molar-refractivity contribution >= 4 is 0 Å². The Bertz CT molecular complexity index is 557. The second kappa shape index (κ2) is 3.98. The molecule has 90 valence electrons. The number of benzene rings is 2. The molecule has 0 aliphatic heterocycles. The molecule has 0 bridgehead atoms. The van der Waals surface area contributed by atoms with Gasteiger partial charge in [0.25, 0.3) is 0 Å². The molecule has 0 fully saturated rings. The highest BCUT2D eigenvalue weighted by atomic mass is 14.4. The lowest BCUT2D eigenvalue weighted by atomic mass is 9.85. The molecule has 1 atom stereocenters. The van der Waals surface area contributed by atoms with Crippen LogP contribution in [0.1, 0.15) is 34.6 Å². The minimum atomic E-state index is 0.800. The average Bonchev–Trinajstić information content (AvgIpc) is 3.02. The molecular formula is C18H18. The van der Waals surface area contributed by atoms with Gasteiger partial charge in [0.1, 0.15) is 0 Å². The summed E-state index contributed by atoms with van der Waals surface area (Å²) in [6.07, 6.45) is 5.22. The van der Waals surface area contributed by atoms with Crippen molar-refractivity contribution < 1.29 is 0 Å². The van der Waals surface area contributed by atoms with Crippen LogP contribution in [-0.2, 0) is 19.3 Å². The molecule has 0 saturated carbocycles. The normalized spacial score (nSPS) is 21.9. The van der Waals surface area contributed by atoms with Gasteiger partial charge in [0.05, 0.1) is 0 Å². The SMILES string of the molecule is c1ccc2c(c1)CC(C1CCc3ccccc31)C2. The van der Waals surface area contributed by atoms with E-state index in [-0.39, 0.29) is 0 Å². The van der Waals surface area contributed by atoms with Crippen LogP contribution >= 0.6 is 0 Å². The lowest BCUT2D eigenvalue weighted by Crippen LogP contribution is -2.10. The van der Waals surface area contributed by atoms with Crippen LogP contribution in [-0.4, -0.2) is 0 Å². The van der Waals surface area contributed by atoms with Crippen molar-refractivity contribution in [2.24, 2.45) is 5.92 Å². The Balaban J connectivity index is 1.65. The summed E-state index contributed by atoms with van der Waals surface area (Å²) in [5, 5.41) is 0. The van der Waals surface area contributed by atoms with E-state index in [1.807, 2.05) is 0 Å². The molecule has 0 saturated heterocycles. The van der Waals surface area contributed by atoms with E-state index in [0.717, 1.165) is 11.8 Å². The first-order valence-electron chi connectivity index (χ1n) is 7.06. The Labute approximate surface area is 109 Å².